The summed E-state index contributed by atoms with van der Waals surface area (Å²) in [5.41, 5.74) is 2.15. The van der Waals surface area contributed by atoms with Crippen molar-refractivity contribution in [3.8, 4) is 0 Å². The van der Waals surface area contributed by atoms with E-state index in [0.717, 1.165) is 29.1 Å². The van der Waals surface area contributed by atoms with Crippen molar-refractivity contribution in [2.45, 2.75) is 32.6 Å². The number of hydrogen-bond donors (Lipinski definition) is 2. The molecule has 2 aromatic rings. The number of halogens is 1. The Balaban J connectivity index is 2.27. The molecule has 0 radical (unpaired) electrons. The van der Waals surface area contributed by atoms with Crippen LogP contribution in [0.3, 0.4) is 0 Å². The summed E-state index contributed by atoms with van der Waals surface area (Å²) in [7, 11) is 0. The van der Waals surface area contributed by atoms with Crippen LogP contribution < -0.4 is 5.32 Å². The van der Waals surface area contributed by atoms with Gasteiger partial charge in [0.2, 0.25) is 0 Å². The Morgan fingerprint density at radius 2 is 2.17 bits per heavy atom. The second kappa shape index (κ2) is 8.24. The van der Waals surface area contributed by atoms with Crippen LogP contribution in [0.4, 0.5) is 4.79 Å². The molecule has 0 aliphatic rings. The number of carbonyl (C=O) groups is 1. The fourth-order valence-electron chi connectivity index (χ4n) is 2.62. The number of carboxylic acid groups (broad SMARTS) is 1. The highest BCUT2D eigenvalue weighted by atomic mass is 79.9. The minimum absolute atomic E-state index is 0.0160. The monoisotopic (exact) mass is 379 g/mol. The lowest BCUT2D eigenvalue weighted by molar-refractivity contribution is 0.193. The van der Waals surface area contributed by atoms with Gasteiger partial charge < -0.3 is 10.4 Å². The highest BCUT2D eigenvalue weighted by Crippen LogP contribution is 2.23. The number of alkyl halides is 1. The van der Waals surface area contributed by atoms with Gasteiger partial charge >= 0.3 is 6.09 Å². The summed E-state index contributed by atoms with van der Waals surface area (Å²) in [6.45, 7) is 4.56. The molecule has 1 aromatic heterocycles. The molecule has 1 unspecified atom stereocenters. The van der Waals surface area contributed by atoms with Crippen molar-refractivity contribution in [2.75, 3.05) is 11.9 Å². The van der Waals surface area contributed by atoms with Gasteiger partial charge in [-0.3, -0.25) is 0 Å². The highest BCUT2D eigenvalue weighted by molar-refractivity contribution is 9.09. The van der Waals surface area contributed by atoms with Gasteiger partial charge in [-0.25, -0.2) is 14.8 Å². The third kappa shape index (κ3) is 5.16. The molecule has 5 nitrogen and oxygen atoms in total. The molecular weight excluding hydrogens is 358 g/mol. The van der Waals surface area contributed by atoms with Crippen molar-refractivity contribution >= 4 is 32.9 Å². The summed E-state index contributed by atoms with van der Waals surface area (Å²) < 4.78 is 0. The Labute approximate surface area is 144 Å². The number of rotatable bonds is 7. The number of nitrogens with zero attached hydrogens (tertiary/aromatic N) is 2. The molecule has 0 aliphatic carbocycles. The first kappa shape index (κ1) is 17.7. The second-order valence-electron chi connectivity index (χ2n) is 6.07. The molecule has 2 rings (SSSR count). The molecule has 0 saturated heterocycles. The fourth-order valence-corrected chi connectivity index (χ4v) is 3.08. The zero-order chi connectivity index (χ0) is 16.8. The zero-order valence-electron chi connectivity index (χ0n) is 13.4. The van der Waals surface area contributed by atoms with E-state index >= 15 is 0 Å². The topological polar surface area (TPSA) is 75.1 Å². The fraction of sp³-hybridized carbons (Fsp3) is 0.471. The molecule has 1 aromatic carbocycles. The van der Waals surface area contributed by atoms with E-state index in [4.69, 9.17) is 5.11 Å². The third-order valence-corrected chi connectivity index (χ3v) is 4.06. The maximum absolute atomic E-state index is 10.8. The molecule has 0 bridgehead atoms. The molecule has 2 N–H and O–H groups in total. The second-order valence-corrected chi connectivity index (χ2v) is 6.87. The molecule has 0 aliphatic heterocycles. The predicted octanol–water partition coefficient (Wildman–Crippen LogP) is 3.96. The summed E-state index contributed by atoms with van der Waals surface area (Å²) in [5.74, 6) is 1.13. The molecule has 124 valence electrons. The van der Waals surface area contributed by atoms with E-state index in [1.807, 2.05) is 12.3 Å². The Bertz CT molecular complexity index is 676. The van der Waals surface area contributed by atoms with Gasteiger partial charge in [-0.15, -0.1) is 0 Å². The number of hydrogen-bond acceptors (Lipinski definition) is 3. The minimum Gasteiger partial charge on any atom is -0.465 e. The van der Waals surface area contributed by atoms with Gasteiger partial charge in [-0.1, -0.05) is 35.8 Å². The quantitative estimate of drug-likeness (QED) is 0.713. The van der Waals surface area contributed by atoms with Crippen LogP contribution in [0.5, 0.6) is 0 Å². The van der Waals surface area contributed by atoms with Crippen LogP contribution in [0.25, 0.3) is 10.9 Å². The van der Waals surface area contributed by atoms with E-state index < -0.39 is 6.09 Å². The first-order valence-electron chi connectivity index (χ1n) is 7.78. The first-order chi connectivity index (χ1) is 11.0. The molecule has 1 heterocycles. The van der Waals surface area contributed by atoms with Gasteiger partial charge in [0.05, 0.1) is 5.52 Å². The van der Waals surface area contributed by atoms with Gasteiger partial charge in [-0.05, 0) is 36.5 Å². The lowest BCUT2D eigenvalue weighted by atomic mass is 9.96. The number of nitrogens with one attached hydrogen (secondary N) is 1. The van der Waals surface area contributed by atoms with Crippen molar-refractivity contribution in [2.24, 2.45) is 5.92 Å². The van der Waals surface area contributed by atoms with Crippen LogP contribution in [0.1, 0.15) is 37.6 Å². The maximum atomic E-state index is 10.8. The van der Waals surface area contributed by atoms with Gasteiger partial charge in [0.25, 0.3) is 0 Å². The van der Waals surface area contributed by atoms with Crippen LogP contribution >= 0.6 is 15.9 Å². The third-order valence-electron chi connectivity index (χ3n) is 3.67. The number of aromatic nitrogens is 2. The lowest BCUT2D eigenvalue weighted by Gasteiger charge is -2.18. The van der Waals surface area contributed by atoms with E-state index in [0.29, 0.717) is 18.3 Å². The van der Waals surface area contributed by atoms with E-state index in [9.17, 15) is 4.79 Å². The minimum atomic E-state index is -1.01. The number of aryl methyl sites for hydroxylation is 1. The molecule has 0 spiro atoms. The summed E-state index contributed by atoms with van der Waals surface area (Å²) in [6, 6.07) is 6.19. The van der Waals surface area contributed by atoms with E-state index in [1.165, 1.54) is 5.56 Å². The van der Waals surface area contributed by atoms with Crippen molar-refractivity contribution in [3.63, 3.8) is 0 Å². The molecular formula is C17H22BrN3O2. The lowest BCUT2D eigenvalue weighted by Crippen LogP contribution is -2.28. The molecule has 1 amide bonds. The van der Waals surface area contributed by atoms with Crippen LogP contribution in [0.15, 0.2) is 24.4 Å². The van der Waals surface area contributed by atoms with Gasteiger partial charge in [0.15, 0.2) is 0 Å². The molecule has 6 heteroatoms. The van der Waals surface area contributed by atoms with E-state index in [-0.39, 0.29) is 5.92 Å². The van der Waals surface area contributed by atoms with Crippen LogP contribution in [-0.4, -0.2) is 33.0 Å². The van der Waals surface area contributed by atoms with Crippen molar-refractivity contribution in [1.29, 1.82) is 0 Å². The van der Waals surface area contributed by atoms with Gasteiger partial charge in [0.1, 0.15) is 5.82 Å². The number of benzene rings is 1. The first-order valence-corrected chi connectivity index (χ1v) is 8.90. The summed E-state index contributed by atoms with van der Waals surface area (Å²) in [5, 5.41) is 13.2. The molecule has 0 saturated carbocycles. The normalized spacial score (nSPS) is 12.5. The van der Waals surface area contributed by atoms with Crippen LogP contribution in [0.2, 0.25) is 0 Å². The maximum Gasteiger partial charge on any atom is 0.404 e. The highest BCUT2D eigenvalue weighted by Gasteiger charge is 2.18. The van der Waals surface area contributed by atoms with Gasteiger partial charge in [-0.2, -0.15) is 0 Å². The van der Waals surface area contributed by atoms with Crippen molar-refractivity contribution < 1.29 is 9.90 Å². The van der Waals surface area contributed by atoms with Crippen molar-refractivity contribution in [1.82, 2.24) is 15.3 Å². The SMILES string of the molecule is CC(C)CC(CNC(=O)O)c1ncc2cc(CCBr)ccc2n1. The van der Waals surface area contributed by atoms with Crippen LogP contribution in [-0.2, 0) is 6.42 Å². The van der Waals surface area contributed by atoms with Crippen molar-refractivity contribution in [3.05, 3.63) is 35.8 Å². The van der Waals surface area contributed by atoms with E-state index in [2.05, 4.69) is 57.2 Å². The Morgan fingerprint density at radius 3 is 2.83 bits per heavy atom. The predicted molar refractivity (Wildman–Crippen MR) is 95.3 cm³/mol. The van der Waals surface area contributed by atoms with Gasteiger partial charge in [0, 0.05) is 29.4 Å². The number of amides is 1. The molecule has 0 fully saturated rings. The standard InChI is InChI=1S/C17H22BrN3O2/c1-11(2)7-14(10-20-17(22)23)16-19-9-13-8-12(5-6-18)3-4-15(13)21-16/h3-4,8-9,11,14,20H,5-7,10H2,1-2H3,(H,22,23). The largest absolute Gasteiger partial charge is 0.465 e. The summed E-state index contributed by atoms with van der Waals surface area (Å²) in [4.78, 5) is 19.9. The number of fused-ring (bicyclic) bond motifs is 1. The van der Waals surface area contributed by atoms with E-state index in [1.54, 1.807) is 0 Å². The molecule has 1 atom stereocenters. The average Bonchev–Trinajstić information content (AvgIpc) is 2.51. The molecule has 23 heavy (non-hydrogen) atoms. The Hall–Kier alpha value is -1.69. The zero-order valence-corrected chi connectivity index (χ0v) is 15.0. The summed E-state index contributed by atoms with van der Waals surface area (Å²) in [6.07, 6.45) is 2.63. The average molecular weight is 380 g/mol. The Morgan fingerprint density at radius 1 is 1.39 bits per heavy atom. The summed E-state index contributed by atoms with van der Waals surface area (Å²) >= 11 is 3.45. The smallest absolute Gasteiger partial charge is 0.404 e. The van der Waals surface area contributed by atoms with Crippen LogP contribution in [0, 0.1) is 5.92 Å². The Kier molecular flexibility index (Phi) is 6.33.